The maximum absolute atomic E-state index is 4.66. The molecule has 3 N–H and O–H groups in total. The standard InChI is InChI=1S/C46H46N12/c1-53-33-35-57(45(53)51-49-41-15-11-37(12-16-41)47-39-19-23-43(24-20-39)55-27-7-8-28-55)31-5-3-4-6-32-58-36-34-54(2)46(58)52-50-42-17-13-38(14-18-42)48-40-21-25-44(26-22-40)56-29-9-10-30-56/h7-30,33-36H,3-6,31-32H2,1-2H3/p+3. The highest BCUT2D eigenvalue weighted by atomic mass is 15.4. The van der Waals surface area contributed by atoms with E-state index in [-0.39, 0.29) is 0 Å². The second-order valence-electron chi connectivity index (χ2n) is 14.4. The summed E-state index contributed by atoms with van der Waals surface area (Å²) in [6, 6.07) is 40.9. The van der Waals surface area contributed by atoms with Crippen molar-refractivity contribution >= 4 is 46.0 Å². The number of anilines is 4. The fourth-order valence-corrected chi connectivity index (χ4v) is 6.88. The van der Waals surface area contributed by atoms with Crippen LogP contribution in [-0.2, 0) is 13.6 Å². The topological polar surface area (TPSA) is 99.6 Å². The van der Waals surface area contributed by atoms with Crippen molar-refractivity contribution in [3.8, 4) is 11.4 Å². The van der Waals surface area contributed by atoms with Crippen LogP contribution in [0.2, 0.25) is 0 Å². The average molecular weight is 770 g/mol. The summed E-state index contributed by atoms with van der Waals surface area (Å²) < 4.78 is 10.4. The van der Waals surface area contributed by atoms with Crippen LogP contribution in [0.5, 0.6) is 0 Å². The van der Waals surface area contributed by atoms with Crippen molar-refractivity contribution < 1.29 is 14.0 Å². The van der Waals surface area contributed by atoms with Crippen molar-refractivity contribution in [1.29, 1.82) is 0 Å². The fraction of sp³-hybridized carbons (Fsp3) is 0.174. The zero-order valence-electron chi connectivity index (χ0n) is 32.9. The first-order valence-corrected chi connectivity index (χ1v) is 19.8. The Balaban J connectivity index is 0.759. The lowest BCUT2D eigenvalue weighted by molar-refractivity contribution is -0.760. The molecule has 0 aliphatic carbocycles. The van der Waals surface area contributed by atoms with E-state index in [0.717, 1.165) is 96.2 Å². The van der Waals surface area contributed by atoms with Gasteiger partial charge in [-0.2, -0.15) is 9.48 Å². The number of benzene rings is 4. The molecule has 3 aromatic heterocycles. The Kier molecular flexibility index (Phi) is 11.8. The van der Waals surface area contributed by atoms with E-state index >= 15 is 0 Å². The summed E-state index contributed by atoms with van der Waals surface area (Å²) in [6.07, 6.45) is 20.9. The molecule has 1 aliphatic rings. The molecule has 0 saturated carbocycles. The summed E-state index contributed by atoms with van der Waals surface area (Å²) in [5.74, 6) is 1.73. The number of hydrogen-bond donors (Lipinski definition) is 3. The van der Waals surface area contributed by atoms with Crippen LogP contribution in [0.3, 0.4) is 0 Å². The number of guanidine groups is 1. The summed E-state index contributed by atoms with van der Waals surface area (Å²) in [4.78, 5) is 1.22. The third-order valence-corrected chi connectivity index (χ3v) is 10.1. The molecule has 12 nitrogen and oxygen atoms in total. The molecule has 1 atom stereocenters. The van der Waals surface area contributed by atoms with Crippen LogP contribution in [-0.4, -0.2) is 37.8 Å². The van der Waals surface area contributed by atoms with Crippen LogP contribution in [0.15, 0.2) is 191 Å². The molecule has 4 heterocycles. The van der Waals surface area contributed by atoms with Gasteiger partial charge >= 0.3 is 11.9 Å². The van der Waals surface area contributed by atoms with Gasteiger partial charge in [0.2, 0.25) is 0 Å². The van der Waals surface area contributed by atoms with Gasteiger partial charge in [0.05, 0.1) is 39.6 Å². The quantitative estimate of drug-likeness (QED) is 0.0519. The molecule has 290 valence electrons. The first kappa shape index (κ1) is 37.7. The van der Waals surface area contributed by atoms with E-state index in [0.29, 0.717) is 0 Å². The minimum atomic E-state index is 0.804. The Bertz CT molecular complexity index is 2490. The molecular formula is C46H49N12+3. The lowest BCUT2D eigenvalue weighted by Crippen LogP contribution is -3.09. The lowest BCUT2D eigenvalue weighted by atomic mass is 10.2. The third-order valence-electron chi connectivity index (χ3n) is 10.1. The van der Waals surface area contributed by atoms with Gasteiger partial charge in [0.1, 0.15) is 28.9 Å². The largest absolute Gasteiger partial charge is 0.524 e. The Labute approximate surface area is 339 Å². The molecule has 12 heteroatoms. The van der Waals surface area contributed by atoms with E-state index in [9.17, 15) is 0 Å². The molecular weight excluding hydrogens is 721 g/mol. The summed E-state index contributed by atoms with van der Waals surface area (Å²) in [6.45, 7) is 1.86. The molecule has 0 saturated heterocycles. The SMILES string of the molecule is C[N+]1=C(N=Nc2ccc(Nc3ccc(-n4cccc4)cc3)cc2)[NH+](CCCCCCn2cc[n+](C)c2N=Nc2ccc(Nc3ccc(-n4cccc4)cc3)cc2)C=C1. The van der Waals surface area contributed by atoms with Crippen LogP contribution in [0.4, 0.5) is 40.1 Å². The van der Waals surface area contributed by atoms with E-state index < -0.39 is 0 Å². The Morgan fingerprint density at radius 3 is 1.55 bits per heavy atom. The van der Waals surface area contributed by atoms with Gasteiger partial charge in [0, 0.05) is 64.0 Å². The van der Waals surface area contributed by atoms with Crippen LogP contribution in [0.1, 0.15) is 25.7 Å². The number of nitrogens with zero attached hydrogens (tertiary/aromatic N) is 9. The van der Waals surface area contributed by atoms with E-state index in [1.54, 1.807) is 0 Å². The third kappa shape index (κ3) is 9.60. The second kappa shape index (κ2) is 18.2. The highest BCUT2D eigenvalue weighted by Crippen LogP contribution is 2.24. The number of nitrogens with one attached hydrogen (secondary N) is 3. The molecule has 58 heavy (non-hydrogen) atoms. The molecule has 0 fully saturated rings. The van der Waals surface area contributed by atoms with Gasteiger partial charge in [-0.15, -0.1) is 0 Å². The monoisotopic (exact) mass is 769 g/mol. The van der Waals surface area contributed by atoms with Crippen LogP contribution >= 0.6 is 0 Å². The zero-order valence-corrected chi connectivity index (χ0v) is 32.9. The van der Waals surface area contributed by atoms with Crippen LogP contribution in [0, 0.1) is 0 Å². The van der Waals surface area contributed by atoms with Crippen LogP contribution in [0.25, 0.3) is 11.4 Å². The Morgan fingerprint density at radius 2 is 1.02 bits per heavy atom. The number of hydrogen-bond acceptors (Lipinski definition) is 6. The van der Waals surface area contributed by atoms with E-state index in [2.05, 4.69) is 112 Å². The minimum Gasteiger partial charge on any atom is -0.356 e. The van der Waals surface area contributed by atoms with Crippen molar-refractivity contribution in [1.82, 2.24) is 13.7 Å². The van der Waals surface area contributed by atoms with Gasteiger partial charge in [0.15, 0.2) is 0 Å². The highest BCUT2D eigenvalue weighted by molar-refractivity contribution is 5.68. The van der Waals surface area contributed by atoms with Crippen molar-refractivity contribution in [3.63, 3.8) is 0 Å². The number of imidazole rings is 1. The van der Waals surface area contributed by atoms with E-state index in [1.165, 1.54) is 4.90 Å². The first-order valence-electron chi connectivity index (χ1n) is 19.8. The number of quaternary nitrogens is 1. The second-order valence-corrected chi connectivity index (χ2v) is 14.4. The van der Waals surface area contributed by atoms with Gasteiger partial charge in [0.25, 0.3) is 0 Å². The zero-order chi connectivity index (χ0) is 39.5. The van der Waals surface area contributed by atoms with E-state index in [4.69, 9.17) is 0 Å². The number of azo groups is 2. The predicted octanol–water partition coefficient (Wildman–Crippen LogP) is 9.51. The summed E-state index contributed by atoms with van der Waals surface area (Å²) in [5.41, 5.74) is 7.93. The predicted molar refractivity (Wildman–Crippen MR) is 230 cm³/mol. The summed E-state index contributed by atoms with van der Waals surface area (Å²) in [7, 11) is 4.03. The van der Waals surface area contributed by atoms with Crippen molar-refractivity contribution in [2.24, 2.45) is 27.5 Å². The van der Waals surface area contributed by atoms with Gasteiger partial charge in [-0.05, 0) is 146 Å². The Morgan fingerprint density at radius 1 is 0.534 bits per heavy atom. The number of aryl methyl sites for hydroxylation is 2. The molecule has 7 aromatic rings. The number of aromatic nitrogens is 4. The molecule has 0 radical (unpaired) electrons. The van der Waals surface area contributed by atoms with E-state index in [1.807, 2.05) is 127 Å². The molecule has 0 amide bonds. The maximum Gasteiger partial charge on any atom is 0.524 e. The lowest BCUT2D eigenvalue weighted by Gasteiger charge is -2.08. The summed E-state index contributed by atoms with van der Waals surface area (Å²) >= 11 is 0. The van der Waals surface area contributed by atoms with Gasteiger partial charge in [-0.1, -0.05) is 11.5 Å². The van der Waals surface area contributed by atoms with Crippen LogP contribution < -0.4 is 20.1 Å². The molecule has 1 unspecified atom stereocenters. The highest BCUT2D eigenvalue weighted by Gasteiger charge is 2.30. The normalized spacial score (nSPS) is 14.0. The van der Waals surface area contributed by atoms with Gasteiger partial charge < -0.3 is 19.8 Å². The van der Waals surface area contributed by atoms with Gasteiger partial charge in [-0.25, -0.2) is 9.13 Å². The summed E-state index contributed by atoms with van der Waals surface area (Å²) in [5, 5.41) is 25.3. The molecule has 0 bridgehead atoms. The number of unbranched alkanes of at least 4 members (excludes halogenated alkanes) is 3. The first-order chi connectivity index (χ1) is 28.5. The Hall–Kier alpha value is -7.18. The smallest absolute Gasteiger partial charge is 0.356 e. The molecule has 1 aliphatic heterocycles. The maximum atomic E-state index is 4.66. The molecule has 4 aromatic carbocycles. The van der Waals surface area contributed by atoms with Crippen molar-refractivity contribution in [2.45, 2.75) is 32.2 Å². The fourth-order valence-electron chi connectivity index (χ4n) is 6.88. The molecule has 0 spiro atoms. The minimum absolute atomic E-state index is 0.804. The number of rotatable bonds is 16. The molecule has 8 rings (SSSR count). The van der Waals surface area contributed by atoms with Crippen molar-refractivity contribution in [2.75, 3.05) is 24.2 Å². The average Bonchev–Trinajstić information content (AvgIpc) is 4.10. The van der Waals surface area contributed by atoms with Crippen molar-refractivity contribution in [3.05, 3.63) is 171 Å². The van der Waals surface area contributed by atoms with Gasteiger partial charge in [-0.3, -0.25) is 0 Å².